The SMILES string of the molecule is Cn1cnnc1CCNC(=O)c1ccncc1N. The monoisotopic (exact) mass is 246 g/mol. The zero-order chi connectivity index (χ0) is 13.0. The summed E-state index contributed by atoms with van der Waals surface area (Å²) in [7, 11) is 1.86. The molecular weight excluding hydrogens is 232 g/mol. The van der Waals surface area contributed by atoms with Gasteiger partial charge >= 0.3 is 0 Å². The van der Waals surface area contributed by atoms with Gasteiger partial charge in [0.1, 0.15) is 12.2 Å². The van der Waals surface area contributed by atoms with E-state index in [1.54, 1.807) is 12.4 Å². The van der Waals surface area contributed by atoms with Crippen molar-refractivity contribution in [2.24, 2.45) is 7.05 Å². The highest BCUT2D eigenvalue weighted by atomic mass is 16.1. The summed E-state index contributed by atoms with van der Waals surface area (Å²) >= 11 is 0. The van der Waals surface area contributed by atoms with E-state index in [1.807, 2.05) is 11.6 Å². The van der Waals surface area contributed by atoms with Crippen LogP contribution in [0.2, 0.25) is 0 Å². The Morgan fingerprint density at radius 2 is 2.39 bits per heavy atom. The van der Waals surface area contributed by atoms with E-state index < -0.39 is 0 Å². The fraction of sp³-hybridized carbons (Fsp3) is 0.273. The number of nitrogens with one attached hydrogen (secondary N) is 1. The Labute approximate surface area is 104 Å². The molecule has 0 spiro atoms. The number of aryl methyl sites for hydroxylation is 1. The van der Waals surface area contributed by atoms with E-state index in [4.69, 9.17) is 5.73 Å². The molecule has 3 N–H and O–H groups in total. The minimum Gasteiger partial charge on any atom is -0.397 e. The van der Waals surface area contributed by atoms with Crippen molar-refractivity contribution in [2.75, 3.05) is 12.3 Å². The molecule has 0 aliphatic heterocycles. The highest BCUT2D eigenvalue weighted by Crippen LogP contribution is 2.07. The molecule has 18 heavy (non-hydrogen) atoms. The van der Waals surface area contributed by atoms with Crippen molar-refractivity contribution in [3.05, 3.63) is 36.2 Å². The number of anilines is 1. The number of amides is 1. The van der Waals surface area contributed by atoms with Crippen molar-refractivity contribution < 1.29 is 4.79 Å². The molecule has 7 nitrogen and oxygen atoms in total. The molecule has 0 saturated carbocycles. The lowest BCUT2D eigenvalue weighted by atomic mass is 10.2. The maximum absolute atomic E-state index is 11.8. The molecule has 2 aromatic rings. The maximum Gasteiger partial charge on any atom is 0.253 e. The summed E-state index contributed by atoms with van der Waals surface area (Å²) in [6.07, 6.45) is 5.23. The molecule has 94 valence electrons. The van der Waals surface area contributed by atoms with Crippen LogP contribution >= 0.6 is 0 Å². The number of rotatable bonds is 4. The Morgan fingerprint density at radius 1 is 1.56 bits per heavy atom. The predicted molar refractivity (Wildman–Crippen MR) is 65.7 cm³/mol. The predicted octanol–water partition coefficient (Wildman–Crippen LogP) is -0.235. The highest BCUT2D eigenvalue weighted by molar-refractivity contribution is 5.98. The second-order valence-corrected chi connectivity index (χ2v) is 3.83. The molecular formula is C11H14N6O. The molecule has 0 saturated heterocycles. The standard InChI is InChI=1S/C11H14N6O/c1-17-7-15-16-10(17)3-5-14-11(18)8-2-4-13-6-9(8)12/h2,4,6-7H,3,5,12H2,1H3,(H,14,18). The van der Waals surface area contributed by atoms with Crippen LogP contribution in [-0.2, 0) is 13.5 Å². The molecule has 2 rings (SSSR count). The first-order chi connectivity index (χ1) is 8.68. The number of carbonyl (C=O) groups excluding carboxylic acids is 1. The first-order valence-corrected chi connectivity index (χ1v) is 5.49. The number of nitrogen functional groups attached to an aromatic ring is 1. The van der Waals surface area contributed by atoms with E-state index in [-0.39, 0.29) is 5.91 Å². The van der Waals surface area contributed by atoms with Crippen molar-refractivity contribution in [2.45, 2.75) is 6.42 Å². The minimum absolute atomic E-state index is 0.211. The summed E-state index contributed by atoms with van der Waals surface area (Å²) in [4.78, 5) is 15.7. The lowest BCUT2D eigenvalue weighted by molar-refractivity contribution is 0.0954. The molecule has 0 fully saturated rings. The Kier molecular flexibility index (Phi) is 3.52. The van der Waals surface area contributed by atoms with Crippen LogP contribution in [0.1, 0.15) is 16.2 Å². The van der Waals surface area contributed by atoms with Crippen molar-refractivity contribution in [1.82, 2.24) is 25.1 Å². The third-order valence-corrected chi connectivity index (χ3v) is 2.54. The maximum atomic E-state index is 11.8. The van der Waals surface area contributed by atoms with Crippen LogP contribution in [0.25, 0.3) is 0 Å². The van der Waals surface area contributed by atoms with Crippen molar-refractivity contribution in [1.29, 1.82) is 0 Å². The summed E-state index contributed by atoms with van der Waals surface area (Å²) in [5.41, 5.74) is 6.46. The number of carbonyl (C=O) groups is 1. The molecule has 0 aromatic carbocycles. The summed E-state index contributed by atoms with van der Waals surface area (Å²) < 4.78 is 1.81. The number of nitrogens with two attached hydrogens (primary N) is 1. The van der Waals surface area contributed by atoms with E-state index in [0.29, 0.717) is 24.2 Å². The molecule has 0 aliphatic carbocycles. The Balaban J connectivity index is 1.90. The summed E-state index contributed by atoms with van der Waals surface area (Å²) in [5, 5.41) is 10.5. The molecule has 7 heteroatoms. The Morgan fingerprint density at radius 3 is 3.06 bits per heavy atom. The highest BCUT2D eigenvalue weighted by Gasteiger charge is 2.09. The lowest BCUT2D eigenvalue weighted by Crippen LogP contribution is -2.27. The molecule has 2 heterocycles. The smallest absolute Gasteiger partial charge is 0.253 e. The van der Waals surface area contributed by atoms with Crippen LogP contribution in [0.5, 0.6) is 0 Å². The van der Waals surface area contributed by atoms with Gasteiger partial charge in [-0.2, -0.15) is 0 Å². The number of hydrogen-bond donors (Lipinski definition) is 2. The fourth-order valence-electron chi connectivity index (χ4n) is 1.53. The van der Waals surface area contributed by atoms with E-state index in [2.05, 4.69) is 20.5 Å². The van der Waals surface area contributed by atoms with Gasteiger partial charge in [0.15, 0.2) is 0 Å². The third kappa shape index (κ3) is 2.62. The Bertz CT molecular complexity index is 550. The molecule has 1 amide bonds. The summed E-state index contributed by atoms with van der Waals surface area (Å²) in [5.74, 6) is 0.607. The topological polar surface area (TPSA) is 98.7 Å². The fourth-order valence-corrected chi connectivity index (χ4v) is 1.53. The van der Waals surface area contributed by atoms with E-state index >= 15 is 0 Å². The van der Waals surface area contributed by atoms with Gasteiger partial charge in [-0.3, -0.25) is 9.78 Å². The van der Waals surface area contributed by atoms with Crippen molar-refractivity contribution >= 4 is 11.6 Å². The van der Waals surface area contributed by atoms with Gasteiger partial charge in [-0.25, -0.2) is 0 Å². The first-order valence-electron chi connectivity index (χ1n) is 5.49. The van der Waals surface area contributed by atoms with Crippen LogP contribution in [0, 0.1) is 0 Å². The quantitative estimate of drug-likeness (QED) is 0.776. The normalized spacial score (nSPS) is 10.3. The van der Waals surface area contributed by atoms with Crippen molar-refractivity contribution in [3.8, 4) is 0 Å². The molecule has 0 atom stereocenters. The van der Waals surface area contributed by atoms with Crippen molar-refractivity contribution in [3.63, 3.8) is 0 Å². The van der Waals surface area contributed by atoms with Gasteiger partial charge in [0.05, 0.1) is 17.4 Å². The molecule has 2 aromatic heterocycles. The number of pyridine rings is 1. The van der Waals surface area contributed by atoms with Crippen LogP contribution < -0.4 is 11.1 Å². The largest absolute Gasteiger partial charge is 0.397 e. The Hall–Kier alpha value is -2.44. The average molecular weight is 246 g/mol. The van der Waals surface area contributed by atoms with Gasteiger partial charge in [0.25, 0.3) is 5.91 Å². The zero-order valence-electron chi connectivity index (χ0n) is 10.00. The average Bonchev–Trinajstić information content (AvgIpc) is 2.75. The van der Waals surface area contributed by atoms with Gasteiger partial charge < -0.3 is 15.6 Å². The number of aromatic nitrogens is 4. The van der Waals surface area contributed by atoms with Gasteiger partial charge in [0.2, 0.25) is 0 Å². The number of hydrogen-bond acceptors (Lipinski definition) is 5. The third-order valence-electron chi connectivity index (χ3n) is 2.54. The van der Waals surface area contributed by atoms with Crippen LogP contribution in [0.4, 0.5) is 5.69 Å². The van der Waals surface area contributed by atoms with Gasteiger partial charge in [0, 0.05) is 26.2 Å². The van der Waals surface area contributed by atoms with Crippen LogP contribution in [-0.4, -0.2) is 32.2 Å². The minimum atomic E-state index is -0.211. The zero-order valence-corrected chi connectivity index (χ0v) is 10.00. The lowest BCUT2D eigenvalue weighted by Gasteiger charge is -2.06. The number of nitrogens with zero attached hydrogens (tertiary/aromatic N) is 4. The van der Waals surface area contributed by atoms with Gasteiger partial charge in [-0.1, -0.05) is 0 Å². The first kappa shape index (κ1) is 12.0. The second kappa shape index (κ2) is 5.26. The van der Waals surface area contributed by atoms with Crippen LogP contribution in [0.3, 0.4) is 0 Å². The van der Waals surface area contributed by atoms with Gasteiger partial charge in [-0.15, -0.1) is 10.2 Å². The molecule has 0 unspecified atom stereocenters. The van der Waals surface area contributed by atoms with E-state index in [0.717, 1.165) is 5.82 Å². The second-order valence-electron chi connectivity index (χ2n) is 3.83. The van der Waals surface area contributed by atoms with Gasteiger partial charge in [-0.05, 0) is 6.07 Å². The van der Waals surface area contributed by atoms with Crippen LogP contribution in [0.15, 0.2) is 24.8 Å². The van der Waals surface area contributed by atoms with E-state index in [9.17, 15) is 4.79 Å². The summed E-state index contributed by atoms with van der Waals surface area (Å²) in [6.45, 7) is 0.479. The van der Waals surface area contributed by atoms with E-state index in [1.165, 1.54) is 12.4 Å². The molecule has 0 radical (unpaired) electrons. The molecule has 0 aliphatic rings. The summed E-state index contributed by atoms with van der Waals surface area (Å²) in [6, 6.07) is 1.59. The molecule has 0 bridgehead atoms.